The summed E-state index contributed by atoms with van der Waals surface area (Å²) in [5.74, 6) is 1.32. The zero-order chi connectivity index (χ0) is 28.4. The van der Waals surface area contributed by atoms with Gasteiger partial charge in [0.2, 0.25) is 11.9 Å². The Morgan fingerprint density at radius 2 is 1.80 bits per heavy atom. The molecule has 8 heteroatoms. The topological polar surface area (TPSA) is 79.8 Å². The Morgan fingerprint density at radius 3 is 2.73 bits per heavy atom. The van der Waals surface area contributed by atoms with Crippen LogP contribution < -0.4 is 10.6 Å². The van der Waals surface area contributed by atoms with E-state index in [0.717, 1.165) is 37.8 Å². The first-order valence-electron chi connectivity index (χ1n) is 15.0. The van der Waals surface area contributed by atoms with Crippen LogP contribution in [0.3, 0.4) is 0 Å². The molecule has 6 nitrogen and oxygen atoms in total. The minimum absolute atomic E-state index is 0.0654. The van der Waals surface area contributed by atoms with Crippen LogP contribution in [-0.4, -0.2) is 27.4 Å². The molecule has 8 bridgehead atoms. The van der Waals surface area contributed by atoms with E-state index in [1.807, 2.05) is 12.1 Å². The number of hydrogen-bond acceptors (Lipinski definition) is 5. The van der Waals surface area contributed by atoms with Gasteiger partial charge in [-0.25, -0.2) is 14.4 Å². The molecule has 1 aromatic heterocycles. The molecule has 2 aromatic carbocycles. The van der Waals surface area contributed by atoms with Crippen molar-refractivity contribution >= 4 is 29.1 Å². The zero-order valence-electron chi connectivity index (χ0n) is 23.6. The second-order valence-electron chi connectivity index (χ2n) is 11.3. The summed E-state index contributed by atoms with van der Waals surface area (Å²) < 4.78 is 14.6. The standard InChI is InChI=1S/C33H39ClFN5O/c34-28-18-25-12-11-23-6-2-1-3-7-24(9-4-8-23)13-16-31(41)36-17-5-10-26-20-27(14-15-30(26)35)32-37-22-38-33(40-32)39-29(19-25)21-28/h9,14-15,18-23H,1-8,10-13,16-17H2,(H,36,41)(H,37,38,39,40). The molecule has 0 saturated carbocycles. The number of carbonyl (C=O) groups excluding carboxylic acids is 1. The monoisotopic (exact) mass is 575 g/mol. The number of nitrogens with zero attached hydrogens (tertiary/aromatic N) is 3. The predicted molar refractivity (Wildman–Crippen MR) is 163 cm³/mol. The van der Waals surface area contributed by atoms with Crippen LogP contribution in [0.15, 0.2) is 54.4 Å². The highest BCUT2D eigenvalue weighted by atomic mass is 35.5. The van der Waals surface area contributed by atoms with Gasteiger partial charge in [0, 0.05) is 29.2 Å². The van der Waals surface area contributed by atoms with Crippen molar-refractivity contribution in [3.05, 3.63) is 76.3 Å². The predicted octanol–water partition coefficient (Wildman–Crippen LogP) is 8.14. The van der Waals surface area contributed by atoms with Gasteiger partial charge in [0.05, 0.1) is 0 Å². The van der Waals surface area contributed by atoms with E-state index in [2.05, 4.69) is 37.7 Å². The molecule has 1 aliphatic heterocycles. The van der Waals surface area contributed by atoms with Gasteiger partial charge in [0.1, 0.15) is 12.1 Å². The van der Waals surface area contributed by atoms with Crippen molar-refractivity contribution in [1.82, 2.24) is 20.3 Å². The first-order chi connectivity index (χ1) is 20.0. The minimum atomic E-state index is -0.273. The highest BCUT2D eigenvalue weighted by molar-refractivity contribution is 6.31. The van der Waals surface area contributed by atoms with Gasteiger partial charge in [0.25, 0.3) is 0 Å². The van der Waals surface area contributed by atoms with E-state index in [-0.39, 0.29) is 11.7 Å². The number of aromatic nitrogens is 3. The van der Waals surface area contributed by atoms with E-state index < -0.39 is 0 Å². The van der Waals surface area contributed by atoms with Crippen LogP contribution >= 0.6 is 11.6 Å². The normalized spacial score (nSPS) is 19.4. The Hall–Kier alpha value is -3.32. The van der Waals surface area contributed by atoms with E-state index in [1.54, 1.807) is 12.1 Å². The van der Waals surface area contributed by atoms with Crippen molar-refractivity contribution in [2.24, 2.45) is 5.92 Å². The van der Waals surface area contributed by atoms with E-state index >= 15 is 0 Å². The van der Waals surface area contributed by atoms with Gasteiger partial charge in [-0.05, 0) is 111 Å². The third-order valence-electron chi connectivity index (χ3n) is 8.17. The lowest BCUT2D eigenvalue weighted by atomic mass is 9.87. The Balaban J connectivity index is 1.40. The number of benzene rings is 2. The van der Waals surface area contributed by atoms with Crippen LogP contribution in [0.1, 0.15) is 81.8 Å². The Bertz CT molecular complexity index is 1380. The summed E-state index contributed by atoms with van der Waals surface area (Å²) in [4.78, 5) is 25.8. The molecule has 2 N–H and O–H groups in total. The maximum absolute atomic E-state index is 14.6. The van der Waals surface area contributed by atoms with E-state index in [4.69, 9.17) is 11.6 Å². The summed E-state index contributed by atoms with van der Waals surface area (Å²) in [6.07, 6.45) is 16.7. The molecule has 0 radical (unpaired) electrons. The smallest absolute Gasteiger partial charge is 0.230 e. The average molecular weight is 576 g/mol. The number of nitrogens with one attached hydrogen (secondary N) is 2. The first kappa shape index (κ1) is 29.2. The highest BCUT2D eigenvalue weighted by Gasteiger charge is 2.14. The van der Waals surface area contributed by atoms with Crippen molar-refractivity contribution in [2.45, 2.75) is 83.5 Å². The number of carbonyl (C=O) groups is 1. The molecule has 0 fully saturated rings. The first-order valence-corrected chi connectivity index (χ1v) is 15.4. The highest BCUT2D eigenvalue weighted by Crippen LogP contribution is 2.29. The van der Waals surface area contributed by atoms with Gasteiger partial charge in [-0.1, -0.05) is 42.5 Å². The molecule has 41 heavy (non-hydrogen) atoms. The van der Waals surface area contributed by atoms with E-state index in [0.29, 0.717) is 59.6 Å². The SMILES string of the molecule is O=C1CCC2=CCCC(CCCCC2)CCc2cc(Cl)cc(c2)Nc2ncnc(n2)-c2ccc(F)c(c2)CCCN1. The van der Waals surface area contributed by atoms with Crippen LogP contribution in [0.4, 0.5) is 16.0 Å². The minimum Gasteiger partial charge on any atom is -0.356 e. The largest absolute Gasteiger partial charge is 0.356 e. The van der Waals surface area contributed by atoms with Crippen LogP contribution in [-0.2, 0) is 17.6 Å². The van der Waals surface area contributed by atoms with E-state index in [1.165, 1.54) is 55.6 Å². The Labute approximate surface area is 247 Å². The van der Waals surface area contributed by atoms with Crippen LogP contribution in [0.5, 0.6) is 0 Å². The summed E-state index contributed by atoms with van der Waals surface area (Å²) in [5, 5.41) is 6.99. The summed E-state index contributed by atoms with van der Waals surface area (Å²) in [6, 6.07) is 10.9. The van der Waals surface area contributed by atoms with Gasteiger partial charge < -0.3 is 10.6 Å². The van der Waals surface area contributed by atoms with Crippen molar-refractivity contribution in [3.63, 3.8) is 0 Å². The van der Waals surface area contributed by atoms with Crippen LogP contribution in [0.2, 0.25) is 5.02 Å². The quantitative estimate of drug-likeness (QED) is 0.264. The number of anilines is 2. The molecule has 2 heterocycles. The maximum atomic E-state index is 14.6. The van der Waals surface area contributed by atoms with Crippen molar-refractivity contribution in [3.8, 4) is 11.4 Å². The second kappa shape index (κ2) is 14.5. The molecular weight excluding hydrogens is 537 g/mol. The van der Waals surface area contributed by atoms with E-state index in [9.17, 15) is 9.18 Å². The third kappa shape index (κ3) is 8.83. The molecule has 1 atom stereocenters. The van der Waals surface area contributed by atoms with Crippen molar-refractivity contribution < 1.29 is 9.18 Å². The van der Waals surface area contributed by atoms with Gasteiger partial charge >= 0.3 is 0 Å². The number of rotatable bonds is 0. The Morgan fingerprint density at radius 1 is 0.878 bits per heavy atom. The fourth-order valence-corrected chi connectivity index (χ4v) is 6.14. The van der Waals surface area contributed by atoms with Gasteiger partial charge in [0.15, 0.2) is 5.82 Å². The summed E-state index contributed by atoms with van der Waals surface area (Å²) in [7, 11) is 0. The molecule has 2 aliphatic rings. The summed E-state index contributed by atoms with van der Waals surface area (Å²) in [5.41, 5.74) is 4.72. The molecule has 3 aromatic rings. The molecule has 0 spiro atoms. The number of aryl methyl sites for hydroxylation is 2. The van der Waals surface area contributed by atoms with Gasteiger partial charge in [-0.2, -0.15) is 4.98 Å². The number of allylic oxidation sites excluding steroid dienone is 2. The Kier molecular flexibility index (Phi) is 10.3. The average Bonchev–Trinajstić information content (AvgIpc) is 2.96. The van der Waals surface area contributed by atoms with Crippen LogP contribution in [0.25, 0.3) is 11.4 Å². The number of amides is 1. The van der Waals surface area contributed by atoms with Gasteiger partial charge in [-0.15, -0.1) is 0 Å². The maximum Gasteiger partial charge on any atom is 0.230 e. The van der Waals surface area contributed by atoms with Gasteiger partial charge in [-0.3, -0.25) is 4.79 Å². The summed E-state index contributed by atoms with van der Waals surface area (Å²) >= 11 is 6.52. The number of halogens is 2. The molecular formula is C33H39ClFN5O. The van der Waals surface area contributed by atoms with Crippen molar-refractivity contribution in [2.75, 3.05) is 11.9 Å². The number of hydrogen-bond donors (Lipinski definition) is 2. The molecule has 216 valence electrons. The third-order valence-corrected chi connectivity index (χ3v) is 8.39. The fourth-order valence-electron chi connectivity index (χ4n) is 5.88. The molecule has 1 amide bonds. The fraction of sp³-hybridized carbons (Fsp3) is 0.455. The molecule has 1 unspecified atom stereocenters. The number of fused-ring (bicyclic) bond motifs is 10. The lowest BCUT2D eigenvalue weighted by molar-refractivity contribution is -0.121. The molecule has 5 rings (SSSR count). The molecule has 0 saturated heterocycles. The molecule has 1 aliphatic carbocycles. The second-order valence-corrected chi connectivity index (χ2v) is 11.7. The van der Waals surface area contributed by atoms with Crippen molar-refractivity contribution in [1.29, 1.82) is 0 Å². The zero-order valence-corrected chi connectivity index (χ0v) is 24.4. The lowest BCUT2D eigenvalue weighted by Gasteiger charge is -2.19. The van der Waals surface area contributed by atoms with Crippen LogP contribution in [0, 0.1) is 11.7 Å². The summed E-state index contributed by atoms with van der Waals surface area (Å²) in [6.45, 7) is 0.519. The lowest BCUT2D eigenvalue weighted by Crippen LogP contribution is -2.24.